The second-order valence-electron chi connectivity index (χ2n) is 7.93. The number of carbonyl (C=O) groups is 2. The summed E-state index contributed by atoms with van der Waals surface area (Å²) in [4.78, 5) is 27.6. The van der Waals surface area contributed by atoms with E-state index in [1.165, 1.54) is 0 Å². The van der Waals surface area contributed by atoms with Gasteiger partial charge in [0.15, 0.2) is 0 Å². The van der Waals surface area contributed by atoms with Gasteiger partial charge in [0.25, 0.3) is 0 Å². The summed E-state index contributed by atoms with van der Waals surface area (Å²) in [5.74, 6) is -1.99. The molecule has 7 nitrogen and oxygen atoms in total. The molecule has 3 N–H and O–H groups in total. The maximum Gasteiger partial charge on any atom is 0.321 e. The summed E-state index contributed by atoms with van der Waals surface area (Å²) in [5, 5.41) is 24.2. The summed E-state index contributed by atoms with van der Waals surface area (Å²) in [7, 11) is 0. The van der Waals surface area contributed by atoms with Crippen LogP contribution in [0.2, 0.25) is 0 Å². The molecule has 0 spiro atoms. The van der Waals surface area contributed by atoms with E-state index in [0.717, 1.165) is 22.0 Å². The fourth-order valence-corrected chi connectivity index (χ4v) is 3.66. The fraction of sp³-hybridized carbons (Fsp3) is 0.348. The maximum absolute atomic E-state index is 11.8. The van der Waals surface area contributed by atoms with Crippen LogP contribution in [0.25, 0.3) is 10.8 Å². The van der Waals surface area contributed by atoms with Crippen molar-refractivity contribution in [1.82, 2.24) is 14.9 Å². The fourth-order valence-electron chi connectivity index (χ4n) is 3.66. The predicted octanol–water partition coefficient (Wildman–Crippen LogP) is 3.17. The summed E-state index contributed by atoms with van der Waals surface area (Å²) in [6, 6.07) is 12.3. The molecule has 0 saturated heterocycles. The van der Waals surface area contributed by atoms with Crippen LogP contribution in [0.5, 0.6) is 0 Å². The minimum atomic E-state index is -1.08. The number of aliphatic carboxylic acids is 2. The Bertz CT molecular complexity index is 1020. The van der Waals surface area contributed by atoms with Gasteiger partial charge in [0, 0.05) is 24.9 Å². The summed E-state index contributed by atoms with van der Waals surface area (Å²) < 4.78 is 1.91. The van der Waals surface area contributed by atoms with Crippen LogP contribution in [0.15, 0.2) is 55.0 Å². The van der Waals surface area contributed by atoms with Gasteiger partial charge in [0.2, 0.25) is 0 Å². The molecule has 0 aliphatic heterocycles. The van der Waals surface area contributed by atoms with Gasteiger partial charge in [0.1, 0.15) is 12.1 Å². The van der Waals surface area contributed by atoms with E-state index in [4.69, 9.17) is 0 Å². The topological polar surface area (TPSA) is 104 Å². The molecule has 0 aliphatic rings. The minimum Gasteiger partial charge on any atom is -0.480 e. The first kappa shape index (κ1) is 21.5. The molecule has 3 rings (SSSR count). The molecule has 30 heavy (non-hydrogen) atoms. The minimum absolute atomic E-state index is 0.130. The summed E-state index contributed by atoms with van der Waals surface area (Å²) in [6.45, 7) is 4.37. The van der Waals surface area contributed by atoms with E-state index in [9.17, 15) is 19.8 Å². The van der Waals surface area contributed by atoms with Crippen molar-refractivity contribution in [1.29, 1.82) is 0 Å². The van der Waals surface area contributed by atoms with Crippen molar-refractivity contribution >= 4 is 22.7 Å². The highest BCUT2D eigenvalue weighted by Crippen LogP contribution is 2.20. The molecule has 2 unspecified atom stereocenters. The van der Waals surface area contributed by atoms with E-state index >= 15 is 0 Å². The average molecular weight is 409 g/mol. The number of fused-ring (bicyclic) bond motifs is 1. The standard InChI is InChI=1S/C23H27N3O4/c1-15(2)10-20(22(27)28)25-21(23(29)30)11-18-12-24-14-26(18)13-17-8-5-7-16-6-3-4-9-19(16)17/h3-9,12,14-15,20-21,25H,10-11,13H2,1-2H3,(H,27,28)(H,29,30). The predicted molar refractivity (Wildman–Crippen MR) is 114 cm³/mol. The lowest BCUT2D eigenvalue weighted by Crippen LogP contribution is -2.49. The molecule has 0 saturated carbocycles. The van der Waals surface area contributed by atoms with E-state index in [1.54, 1.807) is 12.5 Å². The Hall–Kier alpha value is -3.19. The first-order valence-electron chi connectivity index (χ1n) is 10.0. The van der Waals surface area contributed by atoms with E-state index in [1.807, 2.05) is 42.7 Å². The molecule has 0 amide bonds. The van der Waals surface area contributed by atoms with Crippen LogP contribution < -0.4 is 5.32 Å². The molecule has 0 aliphatic carbocycles. The van der Waals surface area contributed by atoms with Gasteiger partial charge < -0.3 is 14.8 Å². The quantitative estimate of drug-likeness (QED) is 0.475. The monoisotopic (exact) mass is 409 g/mol. The number of nitrogens with one attached hydrogen (secondary N) is 1. The third-order valence-corrected chi connectivity index (χ3v) is 5.14. The molecule has 0 radical (unpaired) electrons. The first-order chi connectivity index (χ1) is 14.3. The lowest BCUT2D eigenvalue weighted by molar-refractivity contribution is -0.142. The zero-order valence-electron chi connectivity index (χ0n) is 17.2. The van der Waals surface area contributed by atoms with Gasteiger partial charge in [-0.3, -0.25) is 14.9 Å². The molecule has 0 fully saturated rings. The van der Waals surface area contributed by atoms with Crippen molar-refractivity contribution in [2.45, 2.75) is 45.3 Å². The van der Waals surface area contributed by atoms with Crippen molar-refractivity contribution in [3.8, 4) is 0 Å². The highest BCUT2D eigenvalue weighted by molar-refractivity contribution is 5.85. The van der Waals surface area contributed by atoms with Crippen molar-refractivity contribution in [2.24, 2.45) is 5.92 Å². The van der Waals surface area contributed by atoms with E-state index in [2.05, 4.69) is 28.5 Å². The summed E-state index contributed by atoms with van der Waals surface area (Å²) >= 11 is 0. The van der Waals surface area contributed by atoms with Crippen molar-refractivity contribution in [2.75, 3.05) is 0 Å². The second kappa shape index (κ2) is 9.54. The van der Waals surface area contributed by atoms with E-state index in [0.29, 0.717) is 13.0 Å². The molecular weight excluding hydrogens is 382 g/mol. The van der Waals surface area contributed by atoms with Gasteiger partial charge in [0.05, 0.1) is 6.33 Å². The molecule has 1 aromatic heterocycles. The van der Waals surface area contributed by atoms with Crippen molar-refractivity contribution in [3.05, 3.63) is 66.2 Å². The van der Waals surface area contributed by atoms with Gasteiger partial charge in [-0.1, -0.05) is 56.3 Å². The number of nitrogens with zero attached hydrogens (tertiary/aromatic N) is 2. The lowest BCUT2D eigenvalue weighted by Gasteiger charge is -2.22. The third kappa shape index (κ3) is 5.24. The Morgan fingerprint density at radius 1 is 1.03 bits per heavy atom. The Morgan fingerprint density at radius 3 is 2.43 bits per heavy atom. The number of aromatic nitrogens is 2. The van der Waals surface area contributed by atoms with Gasteiger partial charge in [-0.25, -0.2) is 4.98 Å². The first-order valence-corrected chi connectivity index (χ1v) is 10.0. The van der Waals surface area contributed by atoms with Gasteiger partial charge in [-0.05, 0) is 28.7 Å². The Labute approximate surface area is 175 Å². The van der Waals surface area contributed by atoms with Gasteiger partial charge in [-0.15, -0.1) is 0 Å². The number of carboxylic acid groups (broad SMARTS) is 2. The largest absolute Gasteiger partial charge is 0.480 e. The molecule has 0 bridgehead atoms. The Balaban J connectivity index is 1.80. The maximum atomic E-state index is 11.8. The summed E-state index contributed by atoms with van der Waals surface area (Å²) in [5.41, 5.74) is 1.84. The summed E-state index contributed by atoms with van der Waals surface area (Å²) in [6.07, 6.45) is 3.82. The van der Waals surface area contributed by atoms with Gasteiger partial charge >= 0.3 is 11.9 Å². The molecule has 158 valence electrons. The zero-order chi connectivity index (χ0) is 21.7. The average Bonchev–Trinajstić information content (AvgIpc) is 3.13. The highest BCUT2D eigenvalue weighted by atomic mass is 16.4. The molecule has 7 heteroatoms. The number of carboxylic acids is 2. The van der Waals surface area contributed by atoms with Crippen LogP contribution in [0.4, 0.5) is 0 Å². The van der Waals surface area contributed by atoms with E-state index < -0.39 is 24.0 Å². The SMILES string of the molecule is CC(C)CC(NC(Cc1cncn1Cc1cccc2ccccc12)C(=O)O)C(=O)O. The van der Waals surface area contributed by atoms with Crippen LogP contribution in [-0.4, -0.2) is 43.8 Å². The molecule has 2 aromatic carbocycles. The Kier molecular flexibility index (Phi) is 6.84. The number of imidazole rings is 1. The number of rotatable bonds is 10. The number of benzene rings is 2. The molecule has 2 atom stereocenters. The number of hydrogen-bond donors (Lipinski definition) is 3. The molecule has 1 heterocycles. The lowest BCUT2D eigenvalue weighted by atomic mass is 10.0. The highest BCUT2D eigenvalue weighted by Gasteiger charge is 2.27. The molecular formula is C23H27N3O4. The second-order valence-corrected chi connectivity index (χ2v) is 7.93. The normalized spacial score (nSPS) is 13.4. The van der Waals surface area contributed by atoms with Crippen LogP contribution in [0.1, 0.15) is 31.5 Å². The van der Waals surface area contributed by atoms with Crippen LogP contribution >= 0.6 is 0 Å². The molecule has 3 aromatic rings. The number of hydrogen-bond acceptors (Lipinski definition) is 4. The van der Waals surface area contributed by atoms with Crippen molar-refractivity contribution < 1.29 is 19.8 Å². The van der Waals surface area contributed by atoms with Crippen LogP contribution in [0, 0.1) is 5.92 Å². The van der Waals surface area contributed by atoms with Crippen LogP contribution in [0.3, 0.4) is 0 Å². The zero-order valence-corrected chi connectivity index (χ0v) is 17.2. The van der Waals surface area contributed by atoms with Gasteiger partial charge in [-0.2, -0.15) is 0 Å². The van der Waals surface area contributed by atoms with E-state index in [-0.39, 0.29) is 12.3 Å². The van der Waals surface area contributed by atoms with Crippen LogP contribution in [-0.2, 0) is 22.6 Å². The van der Waals surface area contributed by atoms with Crippen molar-refractivity contribution in [3.63, 3.8) is 0 Å². The Morgan fingerprint density at radius 2 is 1.73 bits per heavy atom. The smallest absolute Gasteiger partial charge is 0.321 e. The third-order valence-electron chi connectivity index (χ3n) is 5.14.